The molecule has 1 aliphatic rings. The topological polar surface area (TPSA) is 66.3 Å². The van der Waals surface area contributed by atoms with Gasteiger partial charge in [0.1, 0.15) is 5.82 Å². The summed E-state index contributed by atoms with van der Waals surface area (Å²) in [6, 6.07) is 14.4. The van der Waals surface area contributed by atoms with Gasteiger partial charge < -0.3 is 10.0 Å². The number of aromatic nitrogens is 2. The summed E-state index contributed by atoms with van der Waals surface area (Å²) in [6.45, 7) is 1.45. The highest BCUT2D eigenvalue weighted by molar-refractivity contribution is 5.88. The molecular weight excluding hydrogens is 345 g/mol. The molecule has 0 radical (unpaired) electrons. The number of carbonyl (C=O) groups is 1. The smallest absolute Gasteiger partial charge is 0.339 e. The molecule has 0 unspecified atom stereocenters. The maximum absolute atomic E-state index is 13.5. The number of benzene rings is 2. The molecule has 6 heteroatoms. The first-order valence-corrected chi connectivity index (χ1v) is 8.75. The molecule has 0 atom stereocenters. The average Bonchev–Trinajstić information content (AvgIpc) is 2.67. The van der Waals surface area contributed by atoms with Crippen molar-refractivity contribution >= 4 is 11.9 Å². The Labute approximate surface area is 156 Å². The number of aromatic carboxylic acids is 1. The zero-order valence-electron chi connectivity index (χ0n) is 14.6. The van der Waals surface area contributed by atoms with Gasteiger partial charge in [0.25, 0.3) is 0 Å². The summed E-state index contributed by atoms with van der Waals surface area (Å²) in [4.78, 5) is 22.4. The van der Waals surface area contributed by atoms with Crippen LogP contribution in [0.2, 0.25) is 0 Å². The molecule has 1 aromatic heterocycles. The minimum Gasteiger partial charge on any atom is -0.478 e. The van der Waals surface area contributed by atoms with Gasteiger partial charge in [0.2, 0.25) is 5.95 Å². The standard InChI is InChI=1S/C21H18FN3O2/c22-17-7-3-4-14(10-17)11-19-18(20(26)27)12-23-21(24-19)25-9-8-15-5-1-2-6-16(15)13-25/h1-7,10,12H,8-9,11,13H2,(H,26,27). The molecular formula is C21H18FN3O2. The number of hydrogen-bond donors (Lipinski definition) is 1. The van der Waals surface area contributed by atoms with E-state index >= 15 is 0 Å². The highest BCUT2D eigenvalue weighted by Gasteiger charge is 2.21. The Bertz CT molecular complexity index is 1010. The highest BCUT2D eigenvalue weighted by Crippen LogP contribution is 2.23. The lowest BCUT2D eigenvalue weighted by molar-refractivity contribution is 0.0695. The summed E-state index contributed by atoms with van der Waals surface area (Å²) in [5, 5.41) is 9.46. The normalized spacial score (nSPS) is 13.3. The molecule has 5 nitrogen and oxygen atoms in total. The molecule has 0 amide bonds. The highest BCUT2D eigenvalue weighted by atomic mass is 19.1. The van der Waals surface area contributed by atoms with E-state index in [2.05, 4.69) is 22.1 Å². The van der Waals surface area contributed by atoms with Crippen molar-refractivity contribution in [2.75, 3.05) is 11.4 Å². The van der Waals surface area contributed by atoms with Gasteiger partial charge in [-0.2, -0.15) is 0 Å². The van der Waals surface area contributed by atoms with Crippen molar-refractivity contribution in [2.24, 2.45) is 0 Å². The lowest BCUT2D eigenvalue weighted by Crippen LogP contribution is -2.32. The van der Waals surface area contributed by atoms with Crippen LogP contribution in [0.4, 0.5) is 10.3 Å². The van der Waals surface area contributed by atoms with Crippen LogP contribution >= 0.6 is 0 Å². The zero-order valence-corrected chi connectivity index (χ0v) is 14.6. The minimum atomic E-state index is -1.09. The Morgan fingerprint density at radius 1 is 1.15 bits per heavy atom. The van der Waals surface area contributed by atoms with Crippen LogP contribution in [0.5, 0.6) is 0 Å². The fourth-order valence-corrected chi connectivity index (χ4v) is 3.38. The summed E-state index contributed by atoms with van der Waals surface area (Å²) < 4.78 is 13.5. The van der Waals surface area contributed by atoms with E-state index in [0.717, 1.165) is 13.0 Å². The van der Waals surface area contributed by atoms with Crippen molar-refractivity contribution < 1.29 is 14.3 Å². The molecule has 4 rings (SSSR count). The summed E-state index contributed by atoms with van der Waals surface area (Å²) >= 11 is 0. The molecule has 136 valence electrons. The van der Waals surface area contributed by atoms with Crippen molar-refractivity contribution in [2.45, 2.75) is 19.4 Å². The molecule has 3 aromatic rings. The van der Waals surface area contributed by atoms with Crippen molar-refractivity contribution in [3.8, 4) is 0 Å². The van der Waals surface area contributed by atoms with Gasteiger partial charge >= 0.3 is 5.97 Å². The third-order valence-corrected chi connectivity index (χ3v) is 4.76. The first kappa shape index (κ1) is 17.1. The van der Waals surface area contributed by atoms with Crippen LogP contribution in [0.1, 0.15) is 32.7 Å². The van der Waals surface area contributed by atoms with Crippen molar-refractivity contribution in [1.29, 1.82) is 0 Å². The monoisotopic (exact) mass is 363 g/mol. The molecule has 0 saturated carbocycles. The second-order valence-electron chi connectivity index (χ2n) is 6.58. The van der Waals surface area contributed by atoms with Gasteiger partial charge in [-0.1, -0.05) is 36.4 Å². The van der Waals surface area contributed by atoms with Crippen LogP contribution in [0.25, 0.3) is 0 Å². The number of halogens is 1. The van der Waals surface area contributed by atoms with Gasteiger partial charge in [0.15, 0.2) is 0 Å². The lowest BCUT2D eigenvalue weighted by atomic mass is 10.0. The van der Waals surface area contributed by atoms with E-state index in [4.69, 9.17) is 0 Å². The van der Waals surface area contributed by atoms with Crippen LogP contribution in [0.3, 0.4) is 0 Å². The zero-order chi connectivity index (χ0) is 18.8. The van der Waals surface area contributed by atoms with Crippen LogP contribution in [0.15, 0.2) is 54.7 Å². The van der Waals surface area contributed by atoms with Gasteiger partial charge in [0, 0.05) is 25.7 Å². The Hall–Kier alpha value is -3.28. The number of rotatable bonds is 4. The van der Waals surface area contributed by atoms with E-state index in [-0.39, 0.29) is 17.8 Å². The number of hydrogen-bond acceptors (Lipinski definition) is 4. The maximum atomic E-state index is 13.5. The molecule has 2 heterocycles. The van der Waals surface area contributed by atoms with Crippen molar-refractivity contribution in [3.63, 3.8) is 0 Å². The number of nitrogens with zero attached hydrogens (tertiary/aromatic N) is 3. The number of carboxylic acid groups (broad SMARTS) is 1. The summed E-state index contributed by atoms with van der Waals surface area (Å²) in [7, 11) is 0. The first-order valence-electron chi connectivity index (χ1n) is 8.75. The first-order chi connectivity index (χ1) is 13.1. The molecule has 0 spiro atoms. The SMILES string of the molecule is O=C(O)c1cnc(N2CCc3ccccc3C2)nc1Cc1cccc(F)c1. The summed E-state index contributed by atoms with van der Waals surface area (Å²) in [5.41, 5.74) is 3.64. The molecule has 0 fully saturated rings. The largest absolute Gasteiger partial charge is 0.478 e. The van der Waals surface area contributed by atoms with Gasteiger partial charge in [-0.3, -0.25) is 0 Å². The second-order valence-corrected chi connectivity index (χ2v) is 6.58. The Morgan fingerprint density at radius 3 is 2.74 bits per heavy atom. The van der Waals surface area contributed by atoms with Crippen LogP contribution < -0.4 is 4.90 Å². The molecule has 0 aliphatic carbocycles. The molecule has 0 bridgehead atoms. The molecule has 0 saturated heterocycles. The lowest BCUT2D eigenvalue weighted by Gasteiger charge is -2.29. The maximum Gasteiger partial charge on any atom is 0.339 e. The Morgan fingerprint density at radius 2 is 1.96 bits per heavy atom. The third kappa shape index (κ3) is 3.65. The van der Waals surface area contributed by atoms with E-state index < -0.39 is 5.97 Å². The second kappa shape index (κ2) is 7.15. The van der Waals surface area contributed by atoms with Gasteiger partial charge in [-0.05, 0) is 35.2 Å². The van der Waals surface area contributed by atoms with Crippen molar-refractivity contribution in [3.05, 3.63) is 88.5 Å². The van der Waals surface area contributed by atoms with E-state index in [1.54, 1.807) is 12.1 Å². The van der Waals surface area contributed by atoms with Crippen LogP contribution in [-0.2, 0) is 19.4 Å². The van der Waals surface area contributed by atoms with E-state index in [1.165, 1.54) is 29.5 Å². The summed E-state index contributed by atoms with van der Waals surface area (Å²) in [6.07, 6.45) is 2.47. The minimum absolute atomic E-state index is 0.0421. The molecule has 1 aliphatic heterocycles. The predicted molar refractivity (Wildman–Crippen MR) is 99.4 cm³/mol. The van der Waals surface area contributed by atoms with Gasteiger partial charge in [-0.25, -0.2) is 19.2 Å². The number of fused-ring (bicyclic) bond motifs is 1. The van der Waals surface area contributed by atoms with Gasteiger partial charge in [0.05, 0.1) is 11.3 Å². The average molecular weight is 363 g/mol. The number of anilines is 1. The molecule has 27 heavy (non-hydrogen) atoms. The van der Waals surface area contributed by atoms with E-state index in [9.17, 15) is 14.3 Å². The summed E-state index contributed by atoms with van der Waals surface area (Å²) in [5.74, 6) is -0.941. The quantitative estimate of drug-likeness (QED) is 0.769. The molecule has 1 N–H and O–H groups in total. The Kier molecular flexibility index (Phi) is 4.54. The Balaban J connectivity index is 1.66. The predicted octanol–water partition coefficient (Wildman–Crippen LogP) is 3.47. The van der Waals surface area contributed by atoms with Crippen molar-refractivity contribution in [1.82, 2.24) is 9.97 Å². The van der Waals surface area contributed by atoms with Gasteiger partial charge in [-0.15, -0.1) is 0 Å². The molecule has 2 aromatic carbocycles. The number of carboxylic acids is 1. The van der Waals surface area contributed by atoms with E-state index in [1.807, 2.05) is 17.0 Å². The van der Waals surface area contributed by atoms with Crippen LogP contribution in [0, 0.1) is 5.82 Å². The van der Waals surface area contributed by atoms with Crippen LogP contribution in [-0.4, -0.2) is 27.6 Å². The van der Waals surface area contributed by atoms with E-state index in [0.29, 0.717) is 23.8 Å². The fraction of sp³-hybridized carbons (Fsp3) is 0.190. The third-order valence-electron chi connectivity index (χ3n) is 4.76. The fourth-order valence-electron chi connectivity index (χ4n) is 3.38.